The van der Waals surface area contributed by atoms with Crippen LogP contribution < -0.4 is 10.5 Å². The van der Waals surface area contributed by atoms with Crippen molar-refractivity contribution in [3.05, 3.63) is 65.7 Å². The number of anilines is 1. The fraction of sp³-hybridized carbons (Fsp3) is 0.0556. The molecule has 0 saturated carbocycles. The summed E-state index contributed by atoms with van der Waals surface area (Å²) in [5.74, 6) is 1.26. The van der Waals surface area contributed by atoms with Gasteiger partial charge in [0.15, 0.2) is 0 Å². The van der Waals surface area contributed by atoms with Crippen molar-refractivity contribution in [2.24, 2.45) is 0 Å². The maximum atomic E-state index is 9.19. The Bertz CT molecular complexity index is 863. The average Bonchev–Trinajstić information content (AvgIpc) is 2.51. The number of nitrogens with zero attached hydrogens (tertiary/aromatic N) is 1. The van der Waals surface area contributed by atoms with Crippen LogP contribution in [0.2, 0.25) is 0 Å². The Balaban J connectivity index is 2.13. The van der Waals surface area contributed by atoms with Crippen molar-refractivity contribution in [2.75, 3.05) is 5.73 Å². The molecule has 0 spiro atoms. The Morgan fingerprint density at radius 1 is 0.952 bits per heavy atom. The van der Waals surface area contributed by atoms with E-state index in [0.717, 1.165) is 16.3 Å². The summed E-state index contributed by atoms with van der Waals surface area (Å²) in [6.45, 7) is 1.97. The number of rotatable bonds is 2. The zero-order valence-corrected chi connectivity index (χ0v) is 11.6. The van der Waals surface area contributed by atoms with E-state index in [1.165, 1.54) is 0 Å². The molecule has 2 N–H and O–H groups in total. The molecular formula is C18H14N2O. The molecule has 0 heterocycles. The number of hydrogen-bond acceptors (Lipinski definition) is 3. The van der Waals surface area contributed by atoms with E-state index in [0.29, 0.717) is 22.7 Å². The average molecular weight is 274 g/mol. The van der Waals surface area contributed by atoms with Crippen LogP contribution in [-0.4, -0.2) is 0 Å². The minimum atomic E-state index is 0.515. The number of ether oxygens (including phenoxy) is 1. The number of hydrogen-bond donors (Lipinski definition) is 1. The van der Waals surface area contributed by atoms with E-state index in [1.54, 1.807) is 6.07 Å². The summed E-state index contributed by atoms with van der Waals surface area (Å²) in [5, 5.41) is 11.1. The second kappa shape index (κ2) is 5.18. The topological polar surface area (TPSA) is 59.0 Å². The second-order valence-electron chi connectivity index (χ2n) is 4.91. The van der Waals surface area contributed by atoms with E-state index in [4.69, 9.17) is 10.5 Å². The van der Waals surface area contributed by atoms with Crippen LogP contribution in [0.3, 0.4) is 0 Å². The van der Waals surface area contributed by atoms with Crippen LogP contribution in [0.4, 0.5) is 5.69 Å². The summed E-state index contributed by atoms with van der Waals surface area (Å²) in [6.07, 6.45) is 0. The zero-order valence-electron chi connectivity index (χ0n) is 11.6. The van der Waals surface area contributed by atoms with E-state index >= 15 is 0 Å². The number of nitrogen functional groups attached to an aromatic ring is 1. The number of nitrogens with two attached hydrogens (primary N) is 1. The summed E-state index contributed by atoms with van der Waals surface area (Å²) in [4.78, 5) is 0. The molecule has 3 heteroatoms. The Hall–Kier alpha value is -2.99. The largest absolute Gasteiger partial charge is 0.455 e. The zero-order chi connectivity index (χ0) is 14.8. The van der Waals surface area contributed by atoms with Crippen molar-refractivity contribution >= 4 is 16.5 Å². The van der Waals surface area contributed by atoms with E-state index in [1.807, 2.05) is 55.5 Å². The maximum absolute atomic E-state index is 9.19. The number of aryl methyl sites for hydroxylation is 1. The Labute approximate surface area is 123 Å². The highest BCUT2D eigenvalue weighted by molar-refractivity contribution is 5.97. The van der Waals surface area contributed by atoms with Crippen LogP contribution in [0, 0.1) is 18.3 Å². The molecule has 3 aromatic rings. The number of fused-ring (bicyclic) bond motifs is 1. The molecule has 0 radical (unpaired) electrons. The van der Waals surface area contributed by atoms with E-state index in [2.05, 4.69) is 6.07 Å². The van der Waals surface area contributed by atoms with Crippen LogP contribution in [0.1, 0.15) is 11.1 Å². The first kappa shape index (κ1) is 13.0. The highest BCUT2D eigenvalue weighted by Crippen LogP contribution is 2.34. The molecule has 0 aromatic heterocycles. The van der Waals surface area contributed by atoms with Gasteiger partial charge in [-0.1, -0.05) is 30.3 Å². The molecule has 0 saturated heterocycles. The predicted molar refractivity (Wildman–Crippen MR) is 84.3 cm³/mol. The van der Waals surface area contributed by atoms with Crippen LogP contribution in [0.5, 0.6) is 11.5 Å². The minimum absolute atomic E-state index is 0.515. The fourth-order valence-electron chi connectivity index (χ4n) is 2.31. The van der Waals surface area contributed by atoms with Gasteiger partial charge in [0.05, 0.1) is 5.56 Å². The highest BCUT2D eigenvalue weighted by Gasteiger charge is 2.09. The van der Waals surface area contributed by atoms with Gasteiger partial charge < -0.3 is 10.5 Å². The SMILES string of the molecule is Cc1ccc(C#N)c(Oc2ccc(N)c3ccccc23)c1. The number of benzene rings is 3. The summed E-state index contributed by atoms with van der Waals surface area (Å²) in [6, 6.07) is 19.1. The Morgan fingerprint density at radius 3 is 2.48 bits per heavy atom. The van der Waals surface area contributed by atoms with Crippen LogP contribution in [0.25, 0.3) is 10.8 Å². The van der Waals surface area contributed by atoms with E-state index < -0.39 is 0 Å². The first-order valence-electron chi connectivity index (χ1n) is 6.65. The van der Waals surface area contributed by atoms with Crippen molar-refractivity contribution in [3.8, 4) is 17.6 Å². The molecule has 0 aliphatic heterocycles. The normalized spacial score (nSPS) is 10.3. The summed E-state index contributed by atoms with van der Waals surface area (Å²) in [5.41, 5.74) is 8.26. The lowest BCUT2D eigenvalue weighted by molar-refractivity contribution is 0.486. The van der Waals surface area contributed by atoms with Gasteiger partial charge >= 0.3 is 0 Å². The van der Waals surface area contributed by atoms with Gasteiger partial charge in [-0.05, 0) is 36.8 Å². The summed E-state index contributed by atoms with van der Waals surface area (Å²) < 4.78 is 5.97. The van der Waals surface area contributed by atoms with E-state index in [9.17, 15) is 5.26 Å². The van der Waals surface area contributed by atoms with Gasteiger partial charge in [-0.15, -0.1) is 0 Å². The Kier molecular flexibility index (Phi) is 3.21. The van der Waals surface area contributed by atoms with Crippen molar-refractivity contribution < 1.29 is 4.74 Å². The molecule has 0 aliphatic carbocycles. The van der Waals surface area contributed by atoms with Gasteiger partial charge in [0.25, 0.3) is 0 Å². The standard InChI is InChI=1S/C18H14N2O/c1-12-6-7-13(11-19)18(10-12)21-17-9-8-16(20)14-4-2-3-5-15(14)17/h2-10H,20H2,1H3. The lowest BCUT2D eigenvalue weighted by atomic mass is 10.1. The van der Waals surface area contributed by atoms with Crippen molar-refractivity contribution in [1.29, 1.82) is 5.26 Å². The molecule has 0 bridgehead atoms. The minimum Gasteiger partial charge on any atom is -0.455 e. The quantitative estimate of drug-likeness (QED) is 0.705. The van der Waals surface area contributed by atoms with Crippen molar-refractivity contribution in [2.45, 2.75) is 6.92 Å². The fourth-order valence-corrected chi connectivity index (χ4v) is 2.31. The van der Waals surface area contributed by atoms with Crippen LogP contribution in [-0.2, 0) is 0 Å². The third kappa shape index (κ3) is 2.39. The van der Waals surface area contributed by atoms with Gasteiger partial charge in [-0.2, -0.15) is 5.26 Å². The van der Waals surface area contributed by atoms with Gasteiger partial charge in [-0.3, -0.25) is 0 Å². The maximum Gasteiger partial charge on any atom is 0.145 e. The number of nitriles is 1. The molecule has 0 amide bonds. The first-order chi connectivity index (χ1) is 10.2. The molecule has 0 atom stereocenters. The Morgan fingerprint density at radius 2 is 1.71 bits per heavy atom. The smallest absolute Gasteiger partial charge is 0.145 e. The second-order valence-corrected chi connectivity index (χ2v) is 4.91. The monoisotopic (exact) mass is 274 g/mol. The van der Waals surface area contributed by atoms with Crippen LogP contribution in [0.15, 0.2) is 54.6 Å². The summed E-state index contributed by atoms with van der Waals surface area (Å²) in [7, 11) is 0. The molecule has 21 heavy (non-hydrogen) atoms. The molecule has 3 aromatic carbocycles. The molecule has 0 aliphatic rings. The molecule has 0 fully saturated rings. The molecule has 0 unspecified atom stereocenters. The first-order valence-corrected chi connectivity index (χ1v) is 6.65. The molecule has 3 nitrogen and oxygen atoms in total. The van der Waals surface area contributed by atoms with Gasteiger partial charge in [0, 0.05) is 16.5 Å². The van der Waals surface area contributed by atoms with Gasteiger partial charge in [0.2, 0.25) is 0 Å². The third-order valence-corrected chi connectivity index (χ3v) is 3.40. The molecule has 102 valence electrons. The van der Waals surface area contributed by atoms with Crippen LogP contribution >= 0.6 is 0 Å². The van der Waals surface area contributed by atoms with Gasteiger partial charge in [0.1, 0.15) is 17.6 Å². The lowest BCUT2D eigenvalue weighted by Gasteiger charge is -2.12. The van der Waals surface area contributed by atoms with E-state index in [-0.39, 0.29) is 0 Å². The van der Waals surface area contributed by atoms with Crippen molar-refractivity contribution in [3.63, 3.8) is 0 Å². The summed E-state index contributed by atoms with van der Waals surface area (Å²) >= 11 is 0. The highest BCUT2D eigenvalue weighted by atomic mass is 16.5. The molecule has 3 rings (SSSR count). The van der Waals surface area contributed by atoms with Crippen molar-refractivity contribution in [1.82, 2.24) is 0 Å². The van der Waals surface area contributed by atoms with Gasteiger partial charge in [-0.25, -0.2) is 0 Å². The third-order valence-electron chi connectivity index (χ3n) is 3.40. The molecular weight excluding hydrogens is 260 g/mol. The predicted octanol–water partition coefficient (Wildman–Crippen LogP) is 4.39. The lowest BCUT2D eigenvalue weighted by Crippen LogP contribution is -1.92.